The fourth-order valence-corrected chi connectivity index (χ4v) is 1.87. The summed E-state index contributed by atoms with van der Waals surface area (Å²) >= 11 is 0. The molecular weight excluding hydrogens is 292 g/mol. The van der Waals surface area contributed by atoms with Crippen molar-refractivity contribution in [3.63, 3.8) is 0 Å². The van der Waals surface area contributed by atoms with Crippen molar-refractivity contribution in [1.29, 1.82) is 0 Å². The van der Waals surface area contributed by atoms with Crippen LogP contribution in [0.4, 0.5) is 27.8 Å². The summed E-state index contributed by atoms with van der Waals surface area (Å²) in [5.74, 6) is 1.01. The van der Waals surface area contributed by atoms with E-state index in [-0.39, 0.29) is 12.1 Å². The summed E-state index contributed by atoms with van der Waals surface area (Å²) in [4.78, 5) is 13.6. The number of anilines is 4. The summed E-state index contributed by atoms with van der Waals surface area (Å²) in [5, 5.41) is 16.5. The van der Waals surface area contributed by atoms with E-state index < -0.39 is 0 Å². The van der Waals surface area contributed by atoms with Crippen molar-refractivity contribution in [2.45, 2.75) is 19.9 Å². The Balaban J connectivity index is 1.95. The monoisotopic (exact) mass is 314 g/mol. The molecule has 0 saturated carbocycles. The third-order valence-corrected chi connectivity index (χ3v) is 2.98. The van der Waals surface area contributed by atoms with E-state index in [2.05, 4.69) is 26.1 Å². The standard InChI is InChI=1S/C16H22N6O/c1-11(2)17-16(23)19-15-10-9-14(20-21-15)18-12-5-7-13(8-6-12)22(3)4/h5-11H,1-4H3,(H,18,20)(H2,17,19,21,23). The lowest BCUT2D eigenvalue weighted by Gasteiger charge is -2.13. The molecule has 0 atom stereocenters. The molecule has 2 amide bonds. The zero-order valence-electron chi connectivity index (χ0n) is 13.8. The topological polar surface area (TPSA) is 82.2 Å². The highest BCUT2D eigenvalue weighted by Gasteiger charge is 2.05. The summed E-state index contributed by atoms with van der Waals surface area (Å²) in [5.41, 5.74) is 2.04. The minimum atomic E-state index is -0.297. The number of benzene rings is 1. The van der Waals surface area contributed by atoms with Crippen LogP contribution in [-0.4, -0.2) is 36.4 Å². The Morgan fingerprint density at radius 1 is 1.00 bits per heavy atom. The average molecular weight is 314 g/mol. The maximum Gasteiger partial charge on any atom is 0.320 e. The van der Waals surface area contributed by atoms with Gasteiger partial charge in [0.05, 0.1) is 0 Å². The number of urea groups is 1. The van der Waals surface area contributed by atoms with E-state index in [0.717, 1.165) is 11.4 Å². The van der Waals surface area contributed by atoms with Crippen molar-refractivity contribution >= 4 is 29.0 Å². The number of aromatic nitrogens is 2. The second kappa shape index (κ2) is 7.44. The molecule has 7 nitrogen and oxygen atoms in total. The first kappa shape index (κ1) is 16.5. The highest BCUT2D eigenvalue weighted by Crippen LogP contribution is 2.19. The highest BCUT2D eigenvalue weighted by atomic mass is 16.2. The van der Waals surface area contributed by atoms with Gasteiger partial charge in [0.1, 0.15) is 0 Å². The Kier molecular flexibility index (Phi) is 5.35. The lowest BCUT2D eigenvalue weighted by atomic mass is 10.2. The molecule has 2 rings (SSSR count). The molecule has 0 unspecified atom stereocenters. The zero-order valence-corrected chi connectivity index (χ0v) is 13.8. The Bertz CT molecular complexity index is 637. The SMILES string of the molecule is CC(C)NC(=O)Nc1ccc(Nc2ccc(N(C)C)cc2)nn1. The van der Waals surface area contributed by atoms with Crippen molar-refractivity contribution < 1.29 is 4.79 Å². The molecular formula is C16H22N6O. The normalized spacial score (nSPS) is 10.3. The number of nitrogens with zero attached hydrogens (tertiary/aromatic N) is 3. The molecule has 0 aliphatic rings. The highest BCUT2D eigenvalue weighted by molar-refractivity contribution is 5.88. The Labute approximate surface area is 136 Å². The third kappa shape index (κ3) is 5.14. The summed E-state index contributed by atoms with van der Waals surface area (Å²) in [6.07, 6.45) is 0. The lowest BCUT2D eigenvalue weighted by Crippen LogP contribution is -2.34. The molecule has 0 spiro atoms. The maximum atomic E-state index is 11.6. The second-order valence-corrected chi connectivity index (χ2v) is 5.62. The van der Waals surface area contributed by atoms with Gasteiger partial charge in [-0.2, -0.15) is 0 Å². The first-order chi connectivity index (χ1) is 10.9. The minimum absolute atomic E-state index is 0.0639. The summed E-state index contributed by atoms with van der Waals surface area (Å²) in [7, 11) is 3.99. The molecule has 23 heavy (non-hydrogen) atoms. The van der Waals surface area contributed by atoms with Crippen LogP contribution in [-0.2, 0) is 0 Å². The molecule has 0 bridgehead atoms. The third-order valence-electron chi connectivity index (χ3n) is 2.98. The molecule has 3 N–H and O–H groups in total. The fourth-order valence-electron chi connectivity index (χ4n) is 1.87. The van der Waals surface area contributed by atoms with Crippen LogP contribution in [0, 0.1) is 0 Å². The molecule has 7 heteroatoms. The van der Waals surface area contributed by atoms with Gasteiger partial charge in [0.15, 0.2) is 11.6 Å². The van der Waals surface area contributed by atoms with Gasteiger partial charge in [-0.25, -0.2) is 4.79 Å². The van der Waals surface area contributed by atoms with Crippen LogP contribution in [0.15, 0.2) is 36.4 Å². The molecule has 1 aromatic carbocycles. The van der Waals surface area contributed by atoms with Gasteiger partial charge in [0, 0.05) is 31.5 Å². The molecule has 122 valence electrons. The number of nitrogens with one attached hydrogen (secondary N) is 3. The van der Waals surface area contributed by atoms with Gasteiger partial charge in [-0.15, -0.1) is 10.2 Å². The molecule has 0 aliphatic carbocycles. The predicted octanol–water partition coefficient (Wildman–Crippen LogP) is 2.82. The Morgan fingerprint density at radius 3 is 2.13 bits per heavy atom. The van der Waals surface area contributed by atoms with Gasteiger partial charge in [-0.1, -0.05) is 0 Å². The van der Waals surface area contributed by atoms with E-state index >= 15 is 0 Å². The van der Waals surface area contributed by atoms with Gasteiger partial charge in [0.25, 0.3) is 0 Å². The molecule has 1 aromatic heterocycles. The number of hydrogen-bond acceptors (Lipinski definition) is 5. The summed E-state index contributed by atoms with van der Waals surface area (Å²) in [6.45, 7) is 3.78. The summed E-state index contributed by atoms with van der Waals surface area (Å²) < 4.78 is 0. The molecule has 2 aromatic rings. The van der Waals surface area contributed by atoms with Gasteiger partial charge in [0.2, 0.25) is 0 Å². The minimum Gasteiger partial charge on any atom is -0.378 e. The largest absolute Gasteiger partial charge is 0.378 e. The number of rotatable bonds is 5. The first-order valence-electron chi connectivity index (χ1n) is 7.39. The van der Waals surface area contributed by atoms with Crippen molar-refractivity contribution in [3.8, 4) is 0 Å². The molecule has 0 radical (unpaired) electrons. The van der Waals surface area contributed by atoms with E-state index in [1.165, 1.54) is 0 Å². The van der Waals surface area contributed by atoms with Gasteiger partial charge >= 0.3 is 6.03 Å². The lowest BCUT2D eigenvalue weighted by molar-refractivity contribution is 0.250. The maximum absolute atomic E-state index is 11.6. The molecule has 0 saturated heterocycles. The number of amides is 2. The van der Waals surface area contributed by atoms with E-state index in [4.69, 9.17) is 0 Å². The van der Waals surface area contributed by atoms with Crippen molar-refractivity contribution in [3.05, 3.63) is 36.4 Å². The number of carbonyl (C=O) groups excluding carboxylic acids is 1. The predicted molar refractivity (Wildman–Crippen MR) is 93.4 cm³/mol. The van der Waals surface area contributed by atoms with E-state index in [9.17, 15) is 4.79 Å². The fraction of sp³-hybridized carbons (Fsp3) is 0.312. The molecule has 0 aliphatic heterocycles. The van der Waals surface area contributed by atoms with Crippen molar-refractivity contribution in [1.82, 2.24) is 15.5 Å². The first-order valence-corrected chi connectivity index (χ1v) is 7.39. The molecule has 0 fully saturated rings. The van der Waals surface area contributed by atoms with Crippen molar-refractivity contribution in [2.75, 3.05) is 29.6 Å². The van der Waals surface area contributed by atoms with Crippen LogP contribution in [0.2, 0.25) is 0 Å². The molecule has 1 heterocycles. The van der Waals surface area contributed by atoms with E-state index in [0.29, 0.717) is 11.6 Å². The van der Waals surface area contributed by atoms with Crippen molar-refractivity contribution in [2.24, 2.45) is 0 Å². The van der Waals surface area contributed by atoms with Gasteiger partial charge in [-0.05, 0) is 50.2 Å². The van der Waals surface area contributed by atoms with Crippen LogP contribution < -0.4 is 20.9 Å². The van der Waals surface area contributed by atoms with Gasteiger partial charge < -0.3 is 15.5 Å². The summed E-state index contributed by atoms with van der Waals surface area (Å²) in [6, 6.07) is 11.2. The Morgan fingerprint density at radius 2 is 1.61 bits per heavy atom. The van der Waals surface area contributed by atoms with Crippen LogP contribution in [0.1, 0.15) is 13.8 Å². The van der Waals surface area contributed by atoms with E-state index in [1.54, 1.807) is 12.1 Å². The zero-order chi connectivity index (χ0) is 16.8. The Hall–Kier alpha value is -2.83. The van der Waals surface area contributed by atoms with Crippen LogP contribution >= 0.6 is 0 Å². The van der Waals surface area contributed by atoms with Crippen LogP contribution in [0.5, 0.6) is 0 Å². The smallest absolute Gasteiger partial charge is 0.320 e. The second-order valence-electron chi connectivity index (χ2n) is 5.62. The van der Waals surface area contributed by atoms with Gasteiger partial charge in [-0.3, -0.25) is 5.32 Å². The van der Waals surface area contributed by atoms with E-state index in [1.807, 2.05) is 57.1 Å². The number of carbonyl (C=O) groups is 1. The average Bonchev–Trinajstić information content (AvgIpc) is 2.49. The van der Waals surface area contributed by atoms with Crippen LogP contribution in [0.25, 0.3) is 0 Å². The number of hydrogen-bond donors (Lipinski definition) is 3. The van der Waals surface area contributed by atoms with Crippen LogP contribution in [0.3, 0.4) is 0 Å². The quantitative estimate of drug-likeness (QED) is 0.790.